The van der Waals surface area contributed by atoms with E-state index in [0.717, 1.165) is 48.6 Å². The zero-order chi connectivity index (χ0) is 23.7. The Morgan fingerprint density at radius 1 is 1.12 bits per heavy atom. The van der Waals surface area contributed by atoms with Crippen LogP contribution in [-0.2, 0) is 19.4 Å². The lowest BCUT2D eigenvalue weighted by molar-refractivity contribution is 0.267. The first-order valence-corrected chi connectivity index (χ1v) is 14.1. The number of aryl methyl sites for hydroxylation is 2. The van der Waals surface area contributed by atoms with E-state index in [9.17, 15) is 4.79 Å². The Labute approximate surface area is 224 Å². The molecule has 0 unspecified atom stereocenters. The van der Waals surface area contributed by atoms with Crippen molar-refractivity contribution in [2.45, 2.75) is 45.6 Å². The topological polar surface area (TPSA) is 64.2 Å². The third kappa shape index (κ3) is 4.90. The lowest BCUT2D eigenvalue weighted by Gasteiger charge is -2.15. The smallest absolute Gasteiger partial charge is 0.260 e. The summed E-state index contributed by atoms with van der Waals surface area (Å²) in [5.74, 6) is 1.90. The molecule has 34 heavy (non-hydrogen) atoms. The van der Waals surface area contributed by atoms with Gasteiger partial charge in [0.05, 0.1) is 15.6 Å². The predicted octanol–water partition coefficient (Wildman–Crippen LogP) is 7.27. The van der Waals surface area contributed by atoms with Crippen molar-refractivity contribution >= 4 is 60.1 Å². The maximum Gasteiger partial charge on any atom is 0.260 e. The largest absolute Gasteiger partial charge is 0.490 e. The molecular formula is C26H24BrIN2O3S. The van der Waals surface area contributed by atoms with Crippen LogP contribution in [0.3, 0.4) is 0 Å². The van der Waals surface area contributed by atoms with Crippen molar-refractivity contribution < 1.29 is 9.47 Å². The third-order valence-corrected chi connectivity index (χ3v) is 8.47. The van der Waals surface area contributed by atoms with Crippen LogP contribution in [-0.4, -0.2) is 16.6 Å². The van der Waals surface area contributed by atoms with E-state index in [1.807, 2.05) is 43.3 Å². The highest BCUT2D eigenvalue weighted by atomic mass is 127. The highest BCUT2D eigenvalue weighted by molar-refractivity contribution is 14.1. The van der Waals surface area contributed by atoms with Gasteiger partial charge in [0.25, 0.3) is 5.56 Å². The number of rotatable bonds is 6. The van der Waals surface area contributed by atoms with Crippen molar-refractivity contribution in [3.05, 3.63) is 70.8 Å². The van der Waals surface area contributed by atoms with Gasteiger partial charge in [-0.25, -0.2) is 4.98 Å². The highest BCUT2D eigenvalue weighted by Gasteiger charge is 2.20. The summed E-state index contributed by atoms with van der Waals surface area (Å²) in [5.41, 5.74) is 3.04. The molecule has 0 saturated carbocycles. The normalized spacial score (nSPS) is 13.5. The van der Waals surface area contributed by atoms with E-state index in [2.05, 4.69) is 43.5 Å². The molecule has 0 fully saturated rings. The third-order valence-electron chi connectivity index (χ3n) is 5.95. The number of hydrogen-bond donors (Lipinski definition) is 1. The number of benzene rings is 2. The van der Waals surface area contributed by atoms with E-state index in [0.29, 0.717) is 30.5 Å². The maximum absolute atomic E-state index is 13.1. The van der Waals surface area contributed by atoms with Crippen LogP contribution < -0.4 is 15.0 Å². The summed E-state index contributed by atoms with van der Waals surface area (Å²) >= 11 is 7.39. The molecule has 0 atom stereocenters. The number of ether oxygens (including phenoxy) is 2. The first-order chi connectivity index (χ1) is 16.5. The molecule has 5 nitrogen and oxygen atoms in total. The van der Waals surface area contributed by atoms with Crippen LogP contribution in [0.1, 0.15) is 42.2 Å². The molecule has 0 radical (unpaired) electrons. The molecule has 1 aliphatic carbocycles. The molecule has 5 rings (SSSR count). The molecule has 176 valence electrons. The molecule has 0 bridgehead atoms. The Morgan fingerprint density at radius 2 is 1.91 bits per heavy atom. The van der Waals surface area contributed by atoms with Gasteiger partial charge in [-0.15, -0.1) is 11.3 Å². The summed E-state index contributed by atoms with van der Waals surface area (Å²) in [6, 6.07) is 11.9. The van der Waals surface area contributed by atoms with Gasteiger partial charge >= 0.3 is 0 Å². The monoisotopic (exact) mass is 650 g/mol. The van der Waals surface area contributed by atoms with E-state index < -0.39 is 0 Å². The van der Waals surface area contributed by atoms with Gasteiger partial charge < -0.3 is 14.5 Å². The number of H-pyrrole nitrogens is 1. The van der Waals surface area contributed by atoms with Crippen molar-refractivity contribution in [1.82, 2.24) is 9.97 Å². The molecule has 2 aromatic heterocycles. The molecule has 0 spiro atoms. The fourth-order valence-electron chi connectivity index (χ4n) is 4.32. The van der Waals surface area contributed by atoms with E-state index in [-0.39, 0.29) is 5.56 Å². The molecule has 1 aliphatic rings. The predicted molar refractivity (Wildman–Crippen MR) is 149 cm³/mol. The number of nitrogens with one attached hydrogen (secondary N) is 1. The molecule has 2 aromatic carbocycles. The quantitative estimate of drug-likeness (QED) is 0.176. The second kappa shape index (κ2) is 10.4. The fourth-order valence-corrected chi connectivity index (χ4v) is 6.60. The molecule has 0 aliphatic heterocycles. The molecule has 2 heterocycles. The average molecular weight is 651 g/mol. The zero-order valence-corrected chi connectivity index (χ0v) is 23.3. The van der Waals surface area contributed by atoms with Gasteiger partial charge in [0, 0.05) is 14.9 Å². The van der Waals surface area contributed by atoms with Gasteiger partial charge in [-0.2, -0.15) is 0 Å². The van der Waals surface area contributed by atoms with Crippen LogP contribution >= 0.6 is 49.9 Å². The molecular weight excluding hydrogens is 627 g/mol. The number of halogens is 2. The Bertz CT molecular complexity index is 1400. The van der Waals surface area contributed by atoms with Crippen molar-refractivity contribution in [3.8, 4) is 22.9 Å². The van der Waals surface area contributed by atoms with Crippen molar-refractivity contribution in [2.24, 2.45) is 0 Å². The van der Waals surface area contributed by atoms with E-state index in [1.165, 1.54) is 23.3 Å². The van der Waals surface area contributed by atoms with Crippen molar-refractivity contribution in [1.29, 1.82) is 0 Å². The summed E-state index contributed by atoms with van der Waals surface area (Å²) in [6.45, 7) is 2.89. The molecule has 8 heteroatoms. The summed E-state index contributed by atoms with van der Waals surface area (Å²) in [4.78, 5) is 23.2. The van der Waals surface area contributed by atoms with Gasteiger partial charge in [0.2, 0.25) is 0 Å². The number of nitrogens with zero attached hydrogens (tertiary/aromatic N) is 1. The Balaban J connectivity index is 1.51. The lowest BCUT2D eigenvalue weighted by atomic mass is 10.1. The summed E-state index contributed by atoms with van der Waals surface area (Å²) < 4.78 is 14.0. The minimum atomic E-state index is -0.0528. The van der Waals surface area contributed by atoms with Crippen LogP contribution in [0.5, 0.6) is 11.5 Å². The van der Waals surface area contributed by atoms with Crippen LogP contribution in [0.25, 0.3) is 21.6 Å². The van der Waals surface area contributed by atoms with E-state index >= 15 is 0 Å². The highest BCUT2D eigenvalue weighted by Crippen LogP contribution is 2.38. The SMILES string of the molecule is CCOc1cc(-c2nc3sc4c(c3c(=O)[nH]2)CCCCC4)cc(I)c1OCc1ccc(Br)cc1. The average Bonchev–Trinajstić information content (AvgIpc) is 3.01. The van der Waals surface area contributed by atoms with Gasteiger partial charge in [0.1, 0.15) is 17.3 Å². The van der Waals surface area contributed by atoms with Gasteiger partial charge in [0.15, 0.2) is 11.5 Å². The van der Waals surface area contributed by atoms with Crippen molar-refractivity contribution in [2.75, 3.05) is 6.61 Å². The summed E-state index contributed by atoms with van der Waals surface area (Å²) in [5, 5.41) is 0.778. The molecule has 4 aromatic rings. The van der Waals surface area contributed by atoms with Crippen LogP contribution in [0.4, 0.5) is 0 Å². The van der Waals surface area contributed by atoms with Crippen LogP contribution in [0, 0.1) is 3.57 Å². The zero-order valence-electron chi connectivity index (χ0n) is 18.7. The van der Waals surface area contributed by atoms with E-state index in [1.54, 1.807) is 11.3 Å². The summed E-state index contributed by atoms with van der Waals surface area (Å²) in [7, 11) is 0. The standard InChI is InChI=1S/C26H24BrIN2O3S/c1-2-32-20-13-16(12-19(28)23(20)33-14-15-8-10-17(27)11-9-15)24-29-25(31)22-18-6-4-3-5-7-21(18)34-26(22)30-24/h8-13H,2-7,14H2,1H3,(H,29,30,31). The van der Waals surface area contributed by atoms with E-state index in [4.69, 9.17) is 14.5 Å². The Morgan fingerprint density at radius 3 is 2.71 bits per heavy atom. The second-order valence-electron chi connectivity index (χ2n) is 8.29. The van der Waals surface area contributed by atoms with Crippen LogP contribution in [0.2, 0.25) is 0 Å². The Kier molecular flexibility index (Phi) is 7.27. The molecule has 1 N–H and O–H groups in total. The minimum absolute atomic E-state index is 0.0528. The molecule has 0 saturated heterocycles. The summed E-state index contributed by atoms with van der Waals surface area (Å²) in [6.07, 6.45) is 5.55. The van der Waals surface area contributed by atoms with Crippen molar-refractivity contribution in [3.63, 3.8) is 0 Å². The number of thiophene rings is 1. The number of hydrogen-bond acceptors (Lipinski definition) is 5. The minimum Gasteiger partial charge on any atom is -0.490 e. The van der Waals surface area contributed by atoms with Crippen LogP contribution in [0.15, 0.2) is 45.7 Å². The first kappa shape index (κ1) is 23.8. The first-order valence-electron chi connectivity index (χ1n) is 11.4. The second-order valence-corrected chi connectivity index (χ2v) is 11.5. The van der Waals surface area contributed by atoms with Gasteiger partial charge in [-0.1, -0.05) is 34.5 Å². The Hall–Kier alpha value is -1.91. The maximum atomic E-state index is 13.1. The number of aromatic amines is 1. The number of aromatic nitrogens is 2. The fraction of sp³-hybridized carbons (Fsp3) is 0.308. The van der Waals surface area contributed by atoms with Gasteiger partial charge in [-0.3, -0.25) is 4.79 Å². The number of fused-ring (bicyclic) bond motifs is 3. The van der Waals surface area contributed by atoms with Gasteiger partial charge in [-0.05, 0) is 90.6 Å². The molecule has 0 amide bonds. The lowest BCUT2D eigenvalue weighted by Crippen LogP contribution is -2.10.